The molecular formula is C5H3N5O. The smallest absolute Gasteiger partial charge is 0.276 e. The lowest BCUT2D eigenvalue weighted by atomic mass is 10.5. The molecule has 0 saturated carbocycles. The molecule has 2 heterocycles. The van der Waals surface area contributed by atoms with Crippen molar-refractivity contribution in [2.75, 3.05) is 0 Å². The van der Waals surface area contributed by atoms with Crippen LogP contribution in [0.15, 0.2) is 17.1 Å². The highest BCUT2D eigenvalue weighted by Gasteiger charge is 1.94. The summed E-state index contributed by atoms with van der Waals surface area (Å²) in [6.07, 6.45) is 1.48. The van der Waals surface area contributed by atoms with Crippen molar-refractivity contribution in [2.24, 2.45) is 0 Å². The molecule has 0 radical (unpaired) electrons. The molecule has 2 rings (SSSR count). The molecule has 0 fully saturated rings. The Morgan fingerprint density at radius 2 is 2.27 bits per heavy atom. The number of hydrogen-bond donors (Lipinski definition) is 1. The van der Waals surface area contributed by atoms with E-state index in [0.29, 0.717) is 11.0 Å². The Morgan fingerprint density at radius 3 is 3.18 bits per heavy atom. The van der Waals surface area contributed by atoms with E-state index in [2.05, 4.69) is 25.6 Å². The van der Waals surface area contributed by atoms with Gasteiger partial charge >= 0.3 is 0 Å². The molecular weight excluding hydrogens is 146 g/mol. The van der Waals surface area contributed by atoms with Gasteiger partial charge in [-0.05, 0) is 5.21 Å². The fourth-order valence-electron chi connectivity index (χ4n) is 0.743. The molecule has 0 unspecified atom stereocenters. The van der Waals surface area contributed by atoms with Crippen LogP contribution in [-0.4, -0.2) is 25.6 Å². The highest BCUT2D eigenvalue weighted by Crippen LogP contribution is 1.98. The Bertz CT molecular complexity index is 436. The molecule has 6 nitrogen and oxygen atoms in total. The van der Waals surface area contributed by atoms with E-state index in [1.54, 1.807) is 0 Å². The third-order valence-corrected chi connectivity index (χ3v) is 1.21. The molecule has 0 aliphatic heterocycles. The summed E-state index contributed by atoms with van der Waals surface area (Å²) in [6, 6.07) is 1.29. The average molecular weight is 149 g/mol. The zero-order valence-corrected chi connectivity index (χ0v) is 5.35. The number of aromatic nitrogens is 5. The maximum absolute atomic E-state index is 10.7. The van der Waals surface area contributed by atoms with Crippen LogP contribution < -0.4 is 5.56 Å². The molecule has 2 aromatic heterocycles. The van der Waals surface area contributed by atoms with Crippen LogP contribution in [0.1, 0.15) is 0 Å². The maximum Gasteiger partial charge on any atom is 0.292 e. The van der Waals surface area contributed by atoms with Gasteiger partial charge in [0.1, 0.15) is 5.52 Å². The van der Waals surface area contributed by atoms with Gasteiger partial charge < -0.3 is 0 Å². The summed E-state index contributed by atoms with van der Waals surface area (Å²) in [5, 5.41) is 16.4. The summed E-state index contributed by atoms with van der Waals surface area (Å²) < 4.78 is 0. The lowest BCUT2D eigenvalue weighted by Crippen LogP contribution is -2.00. The van der Waals surface area contributed by atoms with Gasteiger partial charge in [0.2, 0.25) is 0 Å². The Hall–Kier alpha value is -1.85. The van der Waals surface area contributed by atoms with Gasteiger partial charge in [0.05, 0.1) is 11.7 Å². The van der Waals surface area contributed by atoms with Gasteiger partial charge in [-0.1, -0.05) is 5.10 Å². The monoisotopic (exact) mass is 149 g/mol. The molecule has 11 heavy (non-hydrogen) atoms. The van der Waals surface area contributed by atoms with E-state index >= 15 is 0 Å². The molecule has 0 spiro atoms. The number of rotatable bonds is 0. The number of nitrogens with zero attached hydrogens (tertiary/aromatic N) is 4. The minimum atomic E-state index is -0.434. The molecule has 0 amide bonds. The Morgan fingerprint density at radius 1 is 1.36 bits per heavy atom. The lowest BCUT2D eigenvalue weighted by molar-refractivity contribution is 0.886. The van der Waals surface area contributed by atoms with Gasteiger partial charge in [0.25, 0.3) is 5.56 Å². The van der Waals surface area contributed by atoms with Crippen molar-refractivity contribution in [3.63, 3.8) is 0 Å². The minimum Gasteiger partial charge on any atom is -0.276 e. The number of H-pyrrole nitrogens is 1. The van der Waals surface area contributed by atoms with Gasteiger partial charge in [-0.2, -0.15) is 5.10 Å². The third kappa shape index (κ3) is 0.936. The predicted octanol–water partition coefficient (Wildman–Crippen LogP) is -0.892. The second-order valence-electron chi connectivity index (χ2n) is 1.94. The first kappa shape index (κ1) is 5.90. The van der Waals surface area contributed by atoms with E-state index < -0.39 is 5.56 Å². The van der Waals surface area contributed by atoms with Crippen molar-refractivity contribution in [3.05, 3.63) is 22.6 Å². The molecule has 0 aliphatic rings. The summed E-state index contributed by atoms with van der Waals surface area (Å²) in [5.41, 5.74) is 0.636. The fourth-order valence-corrected chi connectivity index (χ4v) is 0.743. The zero-order chi connectivity index (χ0) is 7.68. The Balaban J connectivity index is 3.00. The van der Waals surface area contributed by atoms with Crippen molar-refractivity contribution in [3.8, 4) is 0 Å². The van der Waals surface area contributed by atoms with Crippen LogP contribution in [0.5, 0.6) is 0 Å². The van der Waals surface area contributed by atoms with Crippen LogP contribution in [0, 0.1) is 0 Å². The molecule has 0 atom stereocenters. The van der Waals surface area contributed by atoms with Crippen LogP contribution in [0.25, 0.3) is 11.0 Å². The first-order chi connectivity index (χ1) is 5.36. The zero-order valence-electron chi connectivity index (χ0n) is 5.35. The van der Waals surface area contributed by atoms with Crippen LogP contribution >= 0.6 is 0 Å². The second kappa shape index (κ2) is 2.08. The van der Waals surface area contributed by atoms with Crippen LogP contribution in [0.4, 0.5) is 0 Å². The summed E-state index contributed by atoms with van der Waals surface area (Å²) >= 11 is 0. The predicted molar refractivity (Wildman–Crippen MR) is 35.7 cm³/mol. The molecule has 0 bridgehead atoms. The number of hydrogen-bond acceptors (Lipinski definition) is 5. The fraction of sp³-hybridized carbons (Fsp3) is 0. The molecule has 0 aromatic carbocycles. The van der Waals surface area contributed by atoms with Crippen LogP contribution in [0.2, 0.25) is 0 Å². The summed E-state index contributed by atoms with van der Waals surface area (Å²) in [4.78, 5) is 10.7. The normalized spacial score (nSPS) is 10.2. The molecule has 0 aliphatic carbocycles. The van der Waals surface area contributed by atoms with E-state index in [1.807, 2.05) is 0 Å². The Labute approximate surface area is 60.3 Å². The van der Waals surface area contributed by atoms with Crippen molar-refractivity contribution in [1.82, 2.24) is 25.6 Å². The number of fused-ring (bicyclic) bond motifs is 1. The standard InChI is InChI=1S/C5H3N5O/c11-5-1-3-4(2-6-7-3)8-10-9-5/h1-2,7H. The SMILES string of the molecule is O=c1cc2[nH]ncc2nnn1. The Kier molecular flexibility index (Phi) is 1.12. The molecule has 54 valence electrons. The molecule has 2 aromatic rings. The third-order valence-electron chi connectivity index (χ3n) is 1.21. The van der Waals surface area contributed by atoms with Crippen molar-refractivity contribution in [1.29, 1.82) is 0 Å². The van der Waals surface area contributed by atoms with Gasteiger partial charge in [0.15, 0.2) is 0 Å². The lowest BCUT2D eigenvalue weighted by Gasteiger charge is -1.69. The van der Waals surface area contributed by atoms with Gasteiger partial charge in [-0.25, -0.2) is 0 Å². The van der Waals surface area contributed by atoms with Crippen molar-refractivity contribution >= 4 is 11.0 Å². The van der Waals surface area contributed by atoms with E-state index in [9.17, 15) is 4.79 Å². The first-order valence-electron chi connectivity index (χ1n) is 2.90. The largest absolute Gasteiger partial charge is 0.292 e. The minimum absolute atomic E-state index is 0.434. The van der Waals surface area contributed by atoms with E-state index in [-0.39, 0.29) is 0 Å². The molecule has 1 N–H and O–H groups in total. The van der Waals surface area contributed by atoms with E-state index in [1.165, 1.54) is 12.3 Å². The van der Waals surface area contributed by atoms with Gasteiger partial charge in [0, 0.05) is 6.07 Å². The van der Waals surface area contributed by atoms with Gasteiger partial charge in [-0.15, -0.1) is 5.10 Å². The van der Waals surface area contributed by atoms with Crippen molar-refractivity contribution in [2.45, 2.75) is 0 Å². The summed E-state index contributed by atoms with van der Waals surface area (Å²) in [5.74, 6) is 0. The topological polar surface area (TPSA) is 84.4 Å². The maximum atomic E-state index is 10.7. The van der Waals surface area contributed by atoms with Gasteiger partial charge in [-0.3, -0.25) is 9.89 Å². The first-order valence-corrected chi connectivity index (χ1v) is 2.90. The van der Waals surface area contributed by atoms with Crippen molar-refractivity contribution < 1.29 is 0 Å². The second-order valence-corrected chi connectivity index (χ2v) is 1.94. The quantitative estimate of drug-likeness (QED) is 0.525. The number of nitrogens with one attached hydrogen (secondary N) is 1. The summed E-state index contributed by atoms with van der Waals surface area (Å²) in [6.45, 7) is 0. The number of aromatic amines is 1. The highest BCUT2D eigenvalue weighted by molar-refractivity contribution is 5.71. The van der Waals surface area contributed by atoms with E-state index in [4.69, 9.17) is 0 Å². The summed E-state index contributed by atoms with van der Waals surface area (Å²) in [7, 11) is 0. The molecule has 0 saturated heterocycles. The van der Waals surface area contributed by atoms with E-state index in [0.717, 1.165) is 0 Å². The van der Waals surface area contributed by atoms with Crippen LogP contribution in [0.3, 0.4) is 0 Å². The molecule has 6 heteroatoms. The van der Waals surface area contributed by atoms with Crippen LogP contribution in [-0.2, 0) is 0 Å². The highest BCUT2D eigenvalue weighted by atomic mass is 16.1. The average Bonchev–Trinajstić information content (AvgIpc) is 2.31.